The predicted molar refractivity (Wildman–Crippen MR) is 78.4 cm³/mol. The van der Waals surface area contributed by atoms with E-state index in [9.17, 15) is 17.4 Å². The number of carbonyl (C=O) groups is 1. The Kier molecular flexibility index (Phi) is 5.43. The molecule has 0 saturated heterocycles. The summed E-state index contributed by atoms with van der Waals surface area (Å²) in [7, 11) is -4.78. The third kappa shape index (κ3) is 4.69. The Morgan fingerprint density at radius 1 is 1.45 bits per heavy atom. The van der Waals surface area contributed by atoms with Crippen molar-refractivity contribution in [1.29, 1.82) is 0 Å². The minimum Gasteiger partial charge on any atom is -0.349 e. The second-order valence-electron chi connectivity index (χ2n) is 4.64. The number of hydrogen-bond acceptors (Lipinski definition) is 4. The Balaban J connectivity index is 2.93. The molecule has 0 aromatic heterocycles. The lowest BCUT2D eigenvalue weighted by Gasteiger charge is -2.14. The Morgan fingerprint density at radius 3 is 2.50 bits per heavy atom. The van der Waals surface area contributed by atoms with Crippen molar-refractivity contribution in [2.75, 3.05) is 12.0 Å². The van der Waals surface area contributed by atoms with Gasteiger partial charge in [-0.05, 0) is 37.6 Å². The van der Waals surface area contributed by atoms with Gasteiger partial charge in [0.2, 0.25) is 10.0 Å². The number of nitrogens with one attached hydrogen (secondary N) is 1. The minimum atomic E-state index is -3.78. The summed E-state index contributed by atoms with van der Waals surface area (Å²) in [5.74, 6) is 0.0291. The lowest BCUT2D eigenvalue weighted by atomic mass is 10.1. The molecule has 0 radical (unpaired) electrons. The van der Waals surface area contributed by atoms with Crippen LogP contribution in [0.3, 0.4) is 0 Å². The number of primary sulfonamides is 1. The molecule has 20 heavy (non-hydrogen) atoms. The van der Waals surface area contributed by atoms with Crippen molar-refractivity contribution in [2.24, 2.45) is 5.14 Å². The van der Waals surface area contributed by atoms with Gasteiger partial charge in [-0.15, -0.1) is 0 Å². The van der Waals surface area contributed by atoms with Gasteiger partial charge in [-0.2, -0.15) is 0 Å². The van der Waals surface area contributed by atoms with Crippen molar-refractivity contribution in [3.05, 3.63) is 29.3 Å². The largest absolute Gasteiger partial charge is 0.349 e. The third-order valence-electron chi connectivity index (χ3n) is 2.63. The van der Waals surface area contributed by atoms with Crippen LogP contribution in [-0.2, 0) is 20.8 Å². The van der Waals surface area contributed by atoms with Gasteiger partial charge in [0.25, 0.3) is 5.91 Å². The van der Waals surface area contributed by atoms with Gasteiger partial charge in [0.1, 0.15) is 0 Å². The molecule has 1 amide bonds. The van der Waals surface area contributed by atoms with E-state index in [4.69, 9.17) is 5.14 Å². The molecular formula is C12H18N2O4S2. The molecule has 0 aliphatic heterocycles. The van der Waals surface area contributed by atoms with Crippen LogP contribution in [0.25, 0.3) is 0 Å². The maximum Gasteiger partial charge on any atom is 0.251 e. The van der Waals surface area contributed by atoms with Gasteiger partial charge in [0.05, 0.1) is 4.90 Å². The van der Waals surface area contributed by atoms with Gasteiger partial charge in [-0.25, -0.2) is 13.6 Å². The zero-order valence-corrected chi connectivity index (χ0v) is 13.2. The topological polar surface area (TPSA) is 106 Å². The fraction of sp³-hybridized carbons (Fsp3) is 0.417. The van der Waals surface area contributed by atoms with Gasteiger partial charge in [-0.3, -0.25) is 9.00 Å². The first kappa shape index (κ1) is 16.8. The molecule has 2 unspecified atom stereocenters. The second kappa shape index (κ2) is 6.47. The van der Waals surface area contributed by atoms with Crippen LogP contribution in [0.2, 0.25) is 0 Å². The molecule has 1 aromatic carbocycles. The van der Waals surface area contributed by atoms with Gasteiger partial charge in [0, 0.05) is 34.4 Å². The summed E-state index contributed by atoms with van der Waals surface area (Å²) in [6.45, 7) is 3.39. The normalized spacial score (nSPS) is 14.6. The molecule has 0 aliphatic rings. The Bertz CT molecular complexity index is 641. The lowest BCUT2D eigenvalue weighted by molar-refractivity contribution is 0.0943. The number of benzene rings is 1. The number of amides is 1. The third-order valence-corrected chi connectivity index (χ3v) is 4.51. The van der Waals surface area contributed by atoms with Crippen LogP contribution in [0.1, 0.15) is 22.8 Å². The molecule has 0 fully saturated rings. The molecule has 0 aliphatic carbocycles. The summed E-state index contributed by atoms with van der Waals surface area (Å²) in [4.78, 5) is 12.0. The number of aryl methyl sites for hydroxylation is 1. The van der Waals surface area contributed by atoms with E-state index >= 15 is 0 Å². The zero-order chi connectivity index (χ0) is 15.5. The number of carbonyl (C=O) groups excluding carboxylic acids is 1. The fourth-order valence-electron chi connectivity index (χ4n) is 1.76. The molecule has 0 spiro atoms. The average Bonchev–Trinajstić information content (AvgIpc) is 2.25. The molecular weight excluding hydrogens is 300 g/mol. The van der Waals surface area contributed by atoms with Crippen LogP contribution in [0.4, 0.5) is 0 Å². The summed E-state index contributed by atoms with van der Waals surface area (Å²) in [6.07, 6.45) is 1.56. The van der Waals surface area contributed by atoms with E-state index in [0.29, 0.717) is 16.9 Å². The number of hydrogen-bond donors (Lipinski definition) is 2. The smallest absolute Gasteiger partial charge is 0.251 e. The zero-order valence-electron chi connectivity index (χ0n) is 11.5. The highest BCUT2D eigenvalue weighted by molar-refractivity contribution is 7.89. The molecule has 8 heteroatoms. The molecule has 0 heterocycles. The van der Waals surface area contributed by atoms with E-state index in [1.54, 1.807) is 20.1 Å². The fourth-order valence-corrected chi connectivity index (χ4v) is 3.15. The molecule has 1 rings (SSSR count). The first-order valence-electron chi connectivity index (χ1n) is 5.85. The molecule has 6 nitrogen and oxygen atoms in total. The van der Waals surface area contributed by atoms with Gasteiger partial charge in [-0.1, -0.05) is 0 Å². The van der Waals surface area contributed by atoms with Crippen molar-refractivity contribution in [3.63, 3.8) is 0 Å². The van der Waals surface area contributed by atoms with Crippen LogP contribution in [0, 0.1) is 6.92 Å². The highest BCUT2D eigenvalue weighted by atomic mass is 32.2. The van der Waals surface area contributed by atoms with E-state index in [1.807, 2.05) is 0 Å². The summed E-state index contributed by atoms with van der Waals surface area (Å²) < 4.78 is 33.5. The molecule has 112 valence electrons. The van der Waals surface area contributed by atoms with E-state index in [0.717, 1.165) is 0 Å². The van der Waals surface area contributed by atoms with Crippen molar-refractivity contribution in [3.8, 4) is 0 Å². The van der Waals surface area contributed by atoms with E-state index < -0.39 is 20.8 Å². The summed E-state index contributed by atoms with van der Waals surface area (Å²) in [6, 6.07) is 3.83. The van der Waals surface area contributed by atoms with Gasteiger partial charge in [0.15, 0.2) is 0 Å². The Labute approximate surface area is 121 Å². The summed E-state index contributed by atoms with van der Waals surface area (Å²) in [5, 5.41) is 7.74. The number of nitrogens with two attached hydrogens (primary N) is 1. The maximum absolute atomic E-state index is 12.0. The number of sulfonamides is 1. The first-order valence-corrected chi connectivity index (χ1v) is 9.13. The quantitative estimate of drug-likeness (QED) is 0.805. The Hall–Kier alpha value is -1.25. The van der Waals surface area contributed by atoms with Crippen molar-refractivity contribution >= 4 is 26.7 Å². The molecule has 1 aromatic rings. The van der Waals surface area contributed by atoms with Crippen LogP contribution in [-0.4, -0.2) is 36.6 Å². The standard InChI is InChI=1S/C12H18N2O4S2/c1-8-6-10(20(13,17)18)4-5-11(8)12(15)14-9(2)7-19(3)16/h4-6,9H,7H2,1-3H3,(H,14,15)(H2,13,17,18). The maximum atomic E-state index is 12.0. The molecule has 0 bridgehead atoms. The minimum absolute atomic E-state index is 0.0331. The molecule has 0 saturated carbocycles. The SMILES string of the molecule is Cc1cc(S(N)(=O)=O)ccc1C(=O)NC(C)CS(C)=O. The van der Waals surface area contributed by atoms with Crippen molar-refractivity contribution in [1.82, 2.24) is 5.32 Å². The highest BCUT2D eigenvalue weighted by Gasteiger charge is 2.15. The first-order chi connectivity index (χ1) is 9.11. The van der Waals surface area contributed by atoms with Gasteiger partial charge < -0.3 is 5.32 Å². The van der Waals surface area contributed by atoms with Crippen LogP contribution < -0.4 is 10.5 Å². The van der Waals surface area contributed by atoms with E-state index in [-0.39, 0.29) is 16.8 Å². The summed E-state index contributed by atoms with van der Waals surface area (Å²) in [5.41, 5.74) is 0.880. The summed E-state index contributed by atoms with van der Waals surface area (Å²) >= 11 is 0. The van der Waals surface area contributed by atoms with Crippen molar-refractivity contribution < 1.29 is 17.4 Å². The average molecular weight is 318 g/mol. The van der Waals surface area contributed by atoms with E-state index in [2.05, 4.69) is 5.32 Å². The van der Waals surface area contributed by atoms with Crippen LogP contribution in [0.15, 0.2) is 23.1 Å². The Morgan fingerprint density at radius 2 is 2.05 bits per heavy atom. The van der Waals surface area contributed by atoms with Gasteiger partial charge >= 0.3 is 0 Å². The van der Waals surface area contributed by atoms with E-state index in [1.165, 1.54) is 18.2 Å². The lowest BCUT2D eigenvalue weighted by Crippen LogP contribution is -2.36. The molecule has 3 N–H and O–H groups in total. The van der Waals surface area contributed by atoms with Crippen LogP contribution >= 0.6 is 0 Å². The predicted octanol–water partition coefficient (Wildman–Crippen LogP) is 0.139. The highest BCUT2D eigenvalue weighted by Crippen LogP contribution is 2.14. The van der Waals surface area contributed by atoms with Crippen molar-refractivity contribution in [2.45, 2.75) is 24.8 Å². The molecule has 2 atom stereocenters. The second-order valence-corrected chi connectivity index (χ2v) is 7.68. The number of rotatable bonds is 5. The monoisotopic (exact) mass is 318 g/mol. The van der Waals surface area contributed by atoms with Crippen LogP contribution in [0.5, 0.6) is 0 Å².